The topological polar surface area (TPSA) is 92.2 Å². The molecule has 0 aromatic heterocycles. The quantitative estimate of drug-likeness (QED) is 0.227. The Morgan fingerprint density at radius 2 is 1.89 bits per heavy atom. The van der Waals surface area contributed by atoms with E-state index in [1.807, 2.05) is 42.5 Å². The van der Waals surface area contributed by atoms with Crippen molar-refractivity contribution in [2.24, 2.45) is 4.99 Å². The molecule has 1 atom stereocenters. The van der Waals surface area contributed by atoms with Crippen molar-refractivity contribution in [3.63, 3.8) is 0 Å². The number of carbonyl (C=O) groups is 1. The minimum atomic E-state index is -1.16. The molecule has 0 radical (unpaired) electrons. The normalized spacial score (nSPS) is 16.7. The third kappa shape index (κ3) is 7.38. The van der Waals surface area contributed by atoms with E-state index in [9.17, 15) is 9.18 Å². The number of aliphatic hydroxyl groups is 1. The average molecular weight is 570 g/mol. The first-order valence-corrected chi connectivity index (χ1v) is 12.9. The van der Waals surface area contributed by atoms with Crippen LogP contribution in [0.3, 0.4) is 0 Å². The second-order valence-corrected chi connectivity index (χ2v) is 9.67. The lowest BCUT2D eigenvalue weighted by molar-refractivity contribution is -0.127. The number of ether oxygens (including phenoxy) is 2. The van der Waals surface area contributed by atoms with E-state index in [1.165, 1.54) is 12.1 Å². The zero-order valence-corrected chi connectivity index (χ0v) is 21.8. The number of aliphatic imine (C=N–C) groups is 1. The van der Waals surface area contributed by atoms with Crippen LogP contribution in [-0.2, 0) is 22.4 Å². The van der Waals surface area contributed by atoms with Gasteiger partial charge in [-0.25, -0.2) is 14.8 Å². The van der Waals surface area contributed by atoms with Crippen molar-refractivity contribution in [2.75, 3.05) is 26.4 Å². The van der Waals surface area contributed by atoms with Crippen LogP contribution in [0.2, 0.25) is 0 Å². The van der Waals surface area contributed by atoms with Gasteiger partial charge in [0.2, 0.25) is 5.90 Å². The maximum Gasteiger partial charge on any atom is 0.266 e. The number of amides is 1. The Kier molecular flexibility index (Phi) is 9.27. The van der Waals surface area contributed by atoms with Crippen LogP contribution in [-0.4, -0.2) is 48.8 Å². The third-order valence-electron chi connectivity index (χ3n) is 5.90. The number of benzene rings is 3. The second kappa shape index (κ2) is 12.8. The molecule has 1 aliphatic rings. The molecule has 0 aliphatic carbocycles. The van der Waals surface area contributed by atoms with Gasteiger partial charge in [-0.2, -0.15) is 0 Å². The van der Waals surface area contributed by atoms with Gasteiger partial charge in [0.15, 0.2) is 5.54 Å². The molecule has 4 rings (SSSR count). The fourth-order valence-electron chi connectivity index (χ4n) is 3.93. The molecule has 194 valence electrons. The van der Waals surface area contributed by atoms with Crippen LogP contribution >= 0.6 is 15.9 Å². The number of hydrogen-bond acceptors (Lipinski definition) is 6. The molecule has 3 aromatic rings. The molecule has 0 bridgehead atoms. The molecular formula is C28H29BrFN3O4. The Morgan fingerprint density at radius 1 is 1.11 bits per heavy atom. The molecule has 0 saturated carbocycles. The highest BCUT2D eigenvalue weighted by atomic mass is 79.9. The Labute approximate surface area is 223 Å². The van der Waals surface area contributed by atoms with Gasteiger partial charge >= 0.3 is 0 Å². The van der Waals surface area contributed by atoms with Crippen molar-refractivity contribution >= 4 is 27.7 Å². The first kappa shape index (κ1) is 26.8. The first-order valence-electron chi connectivity index (χ1n) is 12.1. The van der Waals surface area contributed by atoms with Gasteiger partial charge in [-0.3, -0.25) is 10.2 Å². The zero-order valence-electron chi connectivity index (χ0n) is 20.3. The van der Waals surface area contributed by atoms with Crippen LogP contribution < -0.4 is 15.6 Å². The summed E-state index contributed by atoms with van der Waals surface area (Å²) in [7, 11) is 0. The highest BCUT2D eigenvalue weighted by Gasteiger charge is 2.44. The van der Waals surface area contributed by atoms with E-state index in [0.29, 0.717) is 44.1 Å². The molecule has 37 heavy (non-hydrogen) atoms. The molecule has 3 aromatic carbocycles. The number of carbonyl (C=O) groups excluding carboxylic acids is 1. The van der Waals surface area contributed by atoms with Crippen molar-refractivity contribution in [1.29, 1.82) is 0 Å². The summed E-state index contributed by atoms with van der Waals surface area (Å²) in [4.78, 5) is 18.2. The molecule has 9 heteroatoms. The summed E-state index contributed by atoms with van der Waals surface area (Å²) in [5.41, 5.74) is 7.07. The molecule has 0 saturated heterocycles. The number of nitrogens with one attached hydrogen (secondary N) is 2. The highest BCUT2D eigenvalue weighted by Crippen LogP contribution is 2.28. The maximum absolute atomic E-state index is 13.4. The standard InChI is InChI=1S/C28H29BrFN3O4/c29-23-9-5-21(6-10-23)18-28(27(35)33-31-14-13-20-3-1-4-24(30)17-20)19-37-26(32-28)22-7-11-25(12-8-22)36-16-2-15-34/h1,3-12,17,31,34H,2,13-16,18-19H2,(H,33,35)/t28-/m0/s1. The van der Waals surface area contributed by atoms with Gasteiger partial charge in [0.05, 0.1) is 6.61 Å². The van der Waals surface area contributed by atoms with Crippen LogP contribution in [0.4, 0.5) is 4.39 Å². The summed E-state index contributed by atoms with van der Waals surface area (Å²) >= 11 is 3.44. The fraction of sp³-hybridized carbons (Fsp3) is 0.286. The summed E-state index contributed by atoms with van der Waals surface area (Å²) in [5, 5.41) is 8.91. The van der Waals surface area contributed by atoms with Gasteiger partial charge in [0.25, 0.3) is 5.91 Å². The minimum Gasteiger partial charge on any atom is -0.494 e. The average Bonchev–Trinajstić information content (AvgIpc) is 3.34. The first-order chi connectivity index (χ1) is 18.0. The number of hydrogen-bond donors (Lipinski definition) is 3. The van der Waals surface area contributed by atoms with Crippen molar-refractivity contribution in [2.45, 2.75) is 24.8 Å². The Bertz CT molecular complexity index is 1220. The van der Waals surface area contributed by atoms with Crippen molar-refractivity contribution in [3.05, 3.63) is 99.8 Å². The summed E-state index contributed by atoms with van der Waals surface area (Å²) in [6.07, 6.45) is 1.46. The molecule has 0 unspecified atom stereocenters. The molecule has 0 fully saturated rings. The Morgan fingerprint density at radius 3 is 2.62 bits per heavy atom. The fourth-order valence-corrected chi connectivity index (χ4v) is 4.19. The van der Waals surface area contributed by atoms with E-state index in [2.05, 4.69) is 26.8 Å². The molecule has 1 heterocycles. The van der Waals surface area contributed by atoms with Crippen LogP contribution in [0.15, 0.2) is 82.3 Å². The monoisotopic (exact) mass is 569 g/mol. The summed E-state index contributed by atoms with van der Waals surface area (Å²) in [5.74, 6) is 0.462. The molecule has 1 aliphatic heterocycles. The highest BCUT2D eigenvalue weighted by molar-refractivity contribution is 9.10. The van der Waals surface area contributed by atoms with Crippen molar-refractivity contribution < 1.29 is 23.8 Å². The Hall–Kier alpha value is -3.27. The molecule has 7 nitrogen and oxygen atoms in total. The van der Waals surface area contributed by atoms with Crippen LogP contribution in [0.1, 0.15) is 23.1 Å². The maximum atomic E-state index is 13.4. The van der Waals surface area contributed by atoms with Crippen LogP contribution in [0.5, 0.6) is 5.75 Å². The smallest absolute Gasteiger partial charge is 0.266 e. The van der Waals surface area contributed by atoms with Gasteiger partial charge in [0.1, 0.15) is 18.2 Å². The predicted octanol–water partition coefficient (Wildman–Crippen LogP) is 3.97. The molecule has 3 N–H and O–H groups in total. The van der Waals surface area contributed by atoms with E-state index < -0.39 is 5.54 Å². The largest absolute Gasteiger partial charge is 0.494 e. The van der Waals surface area contributed by atoms with Gasteiger partial charge in [-0.05, 0) is 66.1 Å². The zero-order chi connectivity index (χ0) is 26.1. The second-order valence-electron chi connectivity index (χ2n) is 8.75. The van der Waals surface area contributed by atoms with E-state index in [4.69, 9.17) is 19.6 Å². The van der Waals surface area contributed by atoms with Crippen LogP contribution in [0, 0.1) is 5.82 Å². The van der Waals surface area contributed by atoms with Crippen molar-refractivity contribution in [3.8, 4) is 5.75 Å². The number of nitrogens with zero attached hydrogens (tertiary/aromatic N) is 1. The lowest BCUT2D eigenvalue weighted by atomic mass is 9.91. The van der Waals surface area contributed by atoms with E-state index in [1.54, 1.807) is 18.2 Å². The van der Waals surface area contributed by atoms with Gasteiger partial charge in [-0.1, -0.05) is 40.2 Å². The summed E-state index contributed by atoms with van der Waals surface area (Å²) < 4.78 is 25.9. The number of halogens is 2. The third-order valence-corrected chi connectivity index (χ3v) is 6.43. The minimum absolute atomic E-state index is 0.0743. The SMILES string of the molecule is O=C(NNCCc1cccc(F)c1)[C@]1(Cc2ccc(Br)cc2)COC(c2ccc(OCCCO)cc2)=N1. The number of hydrazine groups is 1. The predicted molar refractivity (Wildman–Crippen MR) is 143 cm³/mol. The van der Waals surface area contributed by atoms with Gasteiger partial charge < -0.3 is 14.6 Å². The Balaban J connectivity index is 1.46. The van der Waals surface area contributed by atoms with Gasteiger partial charge in [-0.15, -0.1) is 0 Å². The van der Waals surface area contributed by atoms with E-state index >= 15 is 0 Å². The molecule has 0 spiro atoms. The molecule has 1 amide bonds. The van der Waals surface area contributed by atoms with Crippen LogP contribution in [0.25, 0.3) is 0 Å². The van der Waals surface area contributed by atoms with Crippen molar-refractivity contribution in [1.82, 2.24) is 10.9 Å². The lowest BCUT2D eigenvalue weighted by Gasteiger charge is -2.23. The van der Waals surface area contributed by atoms with Gasteiger partial charge in [0, 0.05) is 36.0 Å². The van der Waals surface area contributed by atoms with E-state index in [-0.39, 0.29) is 24.9 Å². The number of rotatable bonds is 12. The number of aliphatic hydroxyl groups excluding tert-OH is 1. The summed E-state index contributed by atoms with van der Waals surface area (Å²) in [6.45, 7) is 1.02. The summed E-state index contributed by atoms with van der Waals surface area (Å²) in [6, 6.07) is 21.4. The lowest BCUT2D eigenvalue weighted by Crippen LogP contribution is -2.53. The molecular weight excluding hydrogens is 541 g/mol. The van der Waals surface area contributed by atoms with E-state index in [0.717, 1.165) is 21.2 Å².